The molecule has 0 fully saturated rings. The molecular formula is C14H12O2. The molecule has 2 aromatic rings. The standard InChI is InChI=1S/C14H12O2/c1-9-2-4-12-10(6-9)8-16-14-7-11(15)3-5-13(12)14/h2-7,15H,8H2,1H3. The number of aromatic hydroxyl groups is 1. The number of hydrogen-bond donors (Lipinski definition) is 1. The van der Waals surface area contributed by atoms with Gasteiger partial charge in [-0.25, -0.2) is 0 Å². The highest BCUT2D eigenvalue weighted by molar-refractivity contribution is 5.76. The second-order valence-electron chi connectivity index (χ2n) is 4.13. The van der Waals surface area contributed by atoms with Crippen molar-refractivity contribution in [3.05, 3.63) is 47.5 Å². The van der Waals surface area contributed by atoms with Crippen LogP contribution in [-0.4, -0.2) is 5.11 Å². The molecule has 1 aliphatic heterocycles. The van der Waals surface area contributed by atoms with Crippen molar-refractivity contribution in [1.29, 1.82) is 0 Å². The average molecular weight is 212 g/mol. The molecule has 0 bridgehead atoms. The zero-order chi connectivity index (χ0) is 11.1. The molecule has 3 rings (SSSR count). The van der Waals surface area contributed by atoms with Crippen molar-refractivity contribution in [3.63, 3.8) is 0 Å². The van der Waals surface area contributed by atoms with E-state index in [1.165, 1.54) is 16.7 Å². The maximum Gasteiger partial charge on any atom is 0.131 e. The maximum atomic E-state index is 9.40. The fraction of sp³-hybridized carbons (Fsp3) is 0.143. The Morgan fingerprint density at radius 1 is 1.06 bits per heavy atom. The Balaban J connectivity index is 2.23. The van der Waals surface area contributed by atoms with Crippen molar-refractivity contribution in [3.8, 4) is 22.6 Å². The van der Waals surface area contributed by atoms with Gasteiger partial charge in [0, 0.05) is 11.6 Å². The molecule has 80 valence electrons. The van der Waals surface area contributed by atoms with Crippen LogP contribution in [0.2, 0.25) is 0 Å². The van der Waals surface area contributed by atoms with Crippen molar-refractivity contribution < 1.29 is 9.84 Å². The van der Waals surface area contributed by atoms with Crippen LogP contribution in [0.5, 0.6) is 11.5 Å². The summed E-state index contributed by atoms with van der Waals surface area (Å²) < 4.78 is 5.63. The Labute approximate surface area is 94.1 Å². The van der Waals surface area contributed by atoms with Gasteiger partial charge < -0.3 is 9.84 Å². The molecule has 1 heterocycles. The quantitative estimate of drug-likeness (QED) is 0.726. The molecule has 0 radical (unpaired) electrons. The summed E-state index contributed by atoms with van der Waals surface area (Å²) in [5.74, 6) is 1.01. The molecule has 2 nitrogen and oxygen atoms in total. The molecule has 1 N–H and O–H groups in total. The minimum Gasteiger partial charge on any atom is -0.508 e. The van der Waals surface area contributed by atoms with Crippen LogP contribution in [-0.2, 0) is 6.61 Å². The molecule has 0 aromatic heterocycles. The van der Waals surface area contributed by atoms with Gasteiger partial charge in [-0.1, -0.05) is 23.8 Å². The van der Waals surface area contributed by atoms with Gasteiger partial charge in [0.05, 0.1) is 0 Å². The number of fused-ring (bicyclic) bond motifs is 3. The first kappa shape index (κ1) is 9.28. The molecule has 0 saturated carbocycles. The molecule has 0 spiro atoms. The van der Waals surface area contributed by atoms with Gasteiger partial charge in [0.2, 0.25) is 0 Å². The van der Waals surface area contributed by atoms with E-state index in [1.807, 2.05) is 6.07 Å². The number of phenols is 1. The van der Waals surface area contributed by atoms with Crippen molar-refractivity contribution in [1.82, 2.24) is 0 Å². The van der Waals surface area contributed by atoms with Gasteiger partial charge in [-0.2, -0.15) is 0 Å². The predicted molar refractivity (Wildman–Crippen MR) is 62.6 cm³/mol. The SMILES string of the molecule is Cc1ccc2c(c1)COc1cc(O)ccc1-2. The topological polar surface area (TPSA) is 29.5 Å². The van der Waals surface area contributed by atoms with Crippen LogP contribution in [0.1, 0.15) is 11.1 Å². The van der Waals surface area contributed by atoms with Gasteiger partial charge in [0.25, 0.3) is 0 Å². The zero-order valence-electron chi connectivity index (χ0n) is 9.03. The monoisotopic (exact) mass is 212 g/mol. The molecule has 2 heteroatoms. The van der Waals surface area contributed by atoms with Crippen LogP contribution in [0, 0.1) is 6.92 Å². The first-order valence-corrected chi connectivity index (χ1v) is 5.30. The van der Waals surface area contributed by atoms with E-state index in [0.29, 0.717) is 6.61 Å². The predicted octanol–water partition coefficient (Wildman–Crippen LogP) is 3.26. The third kappa shape index (κ3) is 1.34. The first-order chi connectivity index (χ1) is 7.74. The van der Waals surface area contributed by atoms with Crippen molar-refractivity contribution >= 4 is 0 Å². The maximum absolute atomic E-state index is 9.40. The van der Waals surface area contributed by atoms with E-state index in [-0.39, 0.29) is 5.75 Å². The highest BCUT2D eigenvalue weighted by atomic mass is 16.5. The van der Waals surface area contributed by atoms with E-state index in [4.69, 9.17) is 4.74 Å². The lowest BCUT2D eigenvalue weighted by Crippen LogP contribution is -2.05. The van der Waals surface area contributed by atoms with Crippen LogP contribution in [0.4, 0.5) is 0 Å². The van der Waals surface area contributed by atoms with Crippen molar-refractivity contribution in [2.45, 2.75) is 13.5 Å². The van der Waals surface area contributed by atoms with E-state index in [1.54, 1.807) is 12.1 Å². The van der Waals surface area contributed by atoms with E-state index in [2.05, 4.69) is 25.1 Å². The number of hydrogen-bond acceptors (Lipinski definition) is 2. The number of phenolic OH excluding ortho intramolecular Hbond substituents is 1. The number of benzene rings is 2. The molecule has 0 atom stereocenters. The summed E-state index contributed by atoms with van der Waals surface area (Å²) in [6.45, 7) is 2.65. The molecule has 0 unspecified atom stereocenters. The number of rotatable bonds is 0. The summed E-state index contributed by atoms with van der Waals surface area (Å²) in [6.07, 6.45) is 0. The highest BCUT2D eigenvalue weighted by Crippen LogP contribution is 2.39. The molecule has 0 saturated heterocycles. The van der Waals surface area contributed by atoms with Gasteiger partial charge in [-0.3, -0.25) is 0 Å². The van der Waals surface area contributed by atoms with E-state index < -0.39 is 0 Å². The Bertz CT molecular complexity index is 507. The summed E-state index contributed by atoms with van der Waals surface area (Å²) in [4.78, 5) is 0. The minimum atomic E-state index is 0.245. The smallest absolute Gasteiger partial charge is 0.131 e. The van der Waals surface area contributed by atoms with Crippen LogP contribution < -0.4 is 4.74 Å². The number of ether oxygens (including phenoxy) is 1. The van der Waals surface area contributed by atoms with E-state index in [9.17, 15) is 5.11 Å². The highest BCUT2D eigenvalue weighted by Gasteiger charge is 2.17. The largest absolute Gasteiger partial charge is 0.508 e. The van der Waals surface area contributed by atoms with E-state index >= 15 is 0 Å². The molecule has 1 aliphatic rings. The Morgan fingerprint density at radius 3 is 2.75 bits per heavy atom. The van der Waals surface area contributed by atoms with Crippen molar-refractivity contribution in [2.24, 2.45) is 0 Å². The molecule has 0 amide bonds. The third-order valence-electron chi connectivity index (χ3n) is 2.90. The fourth-order valence-electron chi connectivity index (χ4n) is 2.11. The molecule has 0 aliphatic carbocycles. The number of aryl methyl sites for hydroxylation is 1. The lowest BCUT2D eigenvalue weighted by molar-refractivity contribution is 0.300. The van der Waals surface area contributed by atoms with Gasteiger partial charge in [-0.15, -0.1) is 0 Å². The molecular weight excluding hydrogens is 200 g/mol. The summed E-state index contributed by atoms with van der Waals surface area (Å²) in [5, 5.41) is 9.40. The van der Waals surface area contributed by atoms with Gasteiger partial charge in [0.15, 0.2) is 0 Å². The van der Waals surface area contributed by atoms with Crippen LogP contribution in [0.3, 0.4) is 0 Å². The zero-order valence-corrected chi connectivity index (χ0v) is 9.03. The second kappa shape index (κ2) is 3.27. The summed E-state index contributed by atoms with van der Waals surface area (Å²) >= 11 is 0. The van der Waals surface area contributed by atoms with Crippen LogP contribution in [0.15, 0.2) is 36.4 Å². The minimum absolute atomic E-state index is 0.245. The third-order valence-corrected chi connectivity index (χ3v) is 2.90. The Kier molecular flexibility index (Phi) is 1.90. The second-order valence-corrected chi connectivity index (χ2v) is 4.13. The molecule has 16 heavy (non-hydrogen) atoms. The Hall–Kier alpha value is -1.96. The fourth-order valence-corrected chi connectivity index (χ4v) is 2.11. The summed E-state index contributed by atoms with van der Waals surface area (Å²) in [7, 11) is 0. The van der Waals surface area contributed by atoms with Crippen LogP contribution in [0.25, 0.3) is 11.1 Å². The van der Waals surface area contributed by atoms with Gasteiger partial charge in [0.1, 0.15) is 18.1 Å². The Morgan fingerprint density at radius 2 is 1.88 bits per heavy atom. The van der Waals surface area contributed by atoms with E-state index in [0.717, 1.165) is 11.3 Å². The average Bonchev–Trinajstić information content (AvgIpc) is 2.28. The lowest BCUT2D eigenvalue weighted by atomic mass is 9.95. The first-order valence-electron chi connectivity index (χ1n) is 5.30. The molecule has 2 aromatic carbocycles. The van der Waals surface area contributed by atoms with Gasteiger partial charge in [-0.05, 0) is 30.2 Å². The lowest BCUT2D eigenvalue weighted by Gasteiger charge is -2.21. The van der Waals surface area contributed by atoms with Crippen molar-refractivity contribution in [2.75, 3.05) is 0 Å². The summed E-state index contributed by atoms with van der Waals surface area (Å²) in [5.41, 5.74) is 4.70. The normalized spacial score (nSPS) is 12.6. The van der Waals surface area contributed by atoms with Crippen LogP contribution >= 0.6 is 0 Å². The van der Waals surface area contributed by atoms with Gasteiger partial charge >= 0.3 is 0 Å². The summed E-state index contributed by atoms with van der Waals surface area (Å²) in [6, 6.07) is 11.6.